The number of nitrogens with zero attached hydrogens (tertiary/aromatic N) is 1. The van der Waals surface area contributed by atoms with Crippen LogP contribution in [0.5, 0.6) is 0 Å². The molecule has 0 unspecified atom stereocenters. The second-order valence-electron chi connectivity index (χ2n) is 2.31. The Morgan fingerprint density at radius 3 is 2.11 bits per heavy atom. The lowest BCUT2D eigenvalue weighted by Gasteiger charge is -2.29. The maximum Gasteiger partial charge on any atom is 0.101 e. The van der Waals surface area contributed by atoms with Gasteiger partial charge >= 0.3 is 0 Å². The van der Waals surface area contributed by atoms with Gasteiger partial charge in [0.1, 0.15) is 5.24 Å². The molecule has 0 radical (unpaired) electrons. The third-order valence-corrected chi connectivity index (χ3v) is 1.87. The fourth-order valence-electron chi connectivity index (χ4n) is 1.08. The van der Waals surface area contributed by atoms with E-state index in [-0.39, 0.29) is 5.24 Å². The SMILES string of the molecule is O=C([S-])N1CCCCC1. The van der Waals surface area contributed by atoms with Crippen LogP contribution in [0.15, 0.2) is 0 Å². The Labute approximate surface area is 60.6 Å². The van der Waals surface area contributed by atoms with Crippen molar-refractivity contribution >= 4 is 17.9 Å². The van der Waals surface area contributed by atoms with E-state index in [9.17, 15) is 4.79 Å². The highest BCUT2D eigenvalue weighted by atomic mass is 32.1. The van der Waals surface area contributed by atoms with Crippen LogP contribution in [0.25, 0.3) is 0 Å². The van der Waals surface area contributed by atoms with E-state index >= 15 is 0 Å². The Morgan fingerprint density at radius 1 is 1.22 bits per heavy atom. The number of hydrogen-bond donors (Lipinski definition) is 0. The van der Waals surface area contributed by atoms with Gasteiger partial charge in [-0.3, -0.25) is 0 Å². The Balaban J connectivity index is 2.31. The van der Waals surface area contributed by atoms with Crippen molar-refractivity contribution in [3.05, 3.63) is 0 Å². The second-order valence-corrected chi connectivity index (χ2v) is 2.66. The van der Waals surface area contributed by atoms with E-state index < -0.39 is 0 Å². The largest absolute Gasteiger partial charge is 0.719 e. The van der Waals surface area contributed by atoms with Crippen LogP contribution in [0, 0.1) is 0 Å². The number of carbonyl (C=O) groups excluding carboxylic acids is 1. The van der Waals surface area contributed by atoms with Gasteiger partial charge in [0.15, 0.2) is 0 Å². The van der Waals surface area contributed by atoms with Gasteiger partial charge in [0.25, 0.3) is 0 Å². The smallest absolute Gasteiger partial charge is 0.101 e. The topological polar surface area (TPSA) is 20.3 Å². The van der Waals surface area contributed by atoms with Gasteiger partial charge in [-0.05, 0) is 19.3 Å². The lowest BCUT2D eigenvalue weighted by molar-refractivity contribution is 0.211. The van der Waals surface area contributed by atoms with Crippen molar-refractivity contribution in [2.45, 2.75) is 19.3 Å². The molecule has 0 aromatic carbocycles. The van der Waals surface area contributed by atoms with Gasteiger partial charge < -0.3 is 22.3 Å². The normalized spacial score (nSPS) is 19.8. The van der Waals surface area contributed by atoms with Crippen molar-refractivity contribution in [3.8, 4) is 0 Å². The summed E-state index contributed by atoms with van der Waals surface area (Å²) >= 11 is 4.49. The van der Waals surface area contributed by atoms with Crippen molar-refractivity contribution in [1.29, 1.82) is 0 Å². The summed E-state index contributed by atoms with van der Waals surface area (Å²) in [4.78, 5) is 12.3. The average Bonchev–Trinajstić information content (AvgIpc) is 1.90. The van der Waals surface area contributed by atoms with Crippen molar-refractivity contribution in [3.63, 3.8) is 0 Å². The molecule has 0 aromatic heterocycles. The lowest BCUT2D eigenvalue weighted by atomic mass is 10.1. The van der Waals surface area contributed by atoms with E-state index in [0.29, 0.717) is 0 Å². The molecule has 52 valence electrons. The van der Waals surface area contributed by atoms with Gasteiger partial charge in [-0.25, -0.2) is 0 Å². The Morgan fingerprint density at radius 2 is 1.78 bits per heavy atom. The summed E-state index contributed by atoms with van der Waals surface area (Å²) in [6.45, 7) is 1.75. The summed E-state index contributed by atoms with van der Waals surface area (Å²) in [5.74, 6) is 0. The standard InChI is InChI=1S/C6H11NOS/c8-6(9)7-4-2-1-3-5-7/h1-5H2,(H,8,9)/p-1. The van der Waals surface area contributed by atoms with Crippen LogP contribution in [0.3, 0.4) is 0 Å². The van der Waals surface area contributed by atoms with Gasteiger partial charge in [0.05, 0.1) is 0 Å². The van der Waals surface area contributed by atoms with Gasteiger partial charge in [0.2, 0.25) is 0 Å². The van der Waals surface area contributed by atoms with Crippen LogP contribution in [0.4, 0.5) is 4.79 Å². The molecule has 1 aliphatic heterocycles. The highest BCUT2D eigenvalue weighted by molar-refractivity contribution is 7.76. The van der Waals surface area contributed by atoms with E-state index in [1.807, 2.05) is 0 Å². The maximum absolute atomic E-state index is 10.5. The molecule has 1 saturated heterocycles. The predicted octanol–water partition coefficient (Wildman–Crippen LogP) is 1.14. The Bertz CT molecular complexity index is 110. The van der Waals surface area contributed by atoms with Gasteiger partial charge in [-0.2, -0.15) is 0 Å². The van der Waals surface area contributed by atoms with Gasteiger partial charge in [0, 0.05) is 13.1 Å². The third-order valence-electron chi connectivity index (χ3n) is 1.61. The van der Waals surface area contributed by atoms with Crippen LogP contribution in [-0.2, 0) is 12.6 Å². The molecule has 0 aromatic rings. The monoisotopic (exact) mass is 144 g/mol. The summed E-state index contributed by atoms with van der Waals surface area (Å²) in [6, 6.07) is 0. The van der Waals surface area contributed by atoms with Crippen LogP contribution in [-0.4, -0.2) is 23.2 Å². The summed E-state index contributed by atoms with van der Waals surface area (Å²) in [7, 11) is 0. The molecular formula is C6H10NOS-. The molecule has 0 N–H and O–H groups in total. The zero-order valence-corrected chi connectivity index (χ0v) is 6.12. The Kier molecular flexibility index (Phi) is 2.28. The first-order chi connectivity index (χ1) is 4.30. The minimum atomic E-state index is -0.185. The first-order valence-corrected chi connectivity index (χ1v) is 3.67. The lowest BCUT2D eigenvalue weighted by Crippen LogP contribution is -2.33. The molecule has 0 atom stereocenters. The fraction of sp³-hybridized carbons (Fsp3) is 0.833. The number of rotatable bonds is 0. The quantitative estimate of drug-likeness (QED) is 0.475. The first kappa shape index (κ1) is 6.81. The highest BCUT2D eigenvalue weighted by Gasteiger charge is 2.07. The van der Waals surface area contributed by atoms with Crippen molar-refractivity contribution in [1.82, 2.24) is 4.90 Å². The predicted molar refractivity (Wildman–Crippen MR) is 38.2 cm³/mol. The maximum atomic E-state index is 10.5. The number of piperidine rings is 1. The van der Waals surface area contributed by atoms with E-state index in [0.717, 1.165) is 25.9 Å². The molecule has 0 spiro atoms. The average molecular weight is 144 g/mol. The summed E-state index contributed by atoms with van der Waals surface area (Å²) in [6.07, 6.45) is 3.50. The van der Waals surface area contributed by atoms with Crippen molar-refractivity contribution < 1.29 is 4.79 Å². The van der Waals surface area contributed by atoms with Crippen molar-refractivity contribution in [2.75, 3.05) is 13.1 Å². The minimum Gasteiger partial charge on any atom is -0.719 e. The highest BCUT2D eigenvalue weighted by Crippen LogP contribution is 2.07. The molecule has 0 bridgehead atoms. The molecule has 1 fully saturated rings. The third kappa shape index (κ3) is 1.82. The van der Waals surface area contributed by atoms with E-state index in [1.54, 1.807) is 4.90 Å². The number of amides is 1. The van der Waals surface area contributed by atoms with Gasteiger partial charge in [-0.15, -0.1) is 0 Å². The van der Waals surface area contributed by atoms with Crippen LogP contribution < -0.4 is 0 Å². The summed E-state index contributed by atoms with van der Waals surface area (Å²) in [5, 5.41) is -0.185. The molecule has 1 rings (SSSR count). The van der Waals surface area contributed by atoms with Crippen LogP contribution >= 0.6 is 0 Å². The fourth-order valence-corrected chi connectivity index (χ4v) is 1.26. The number of carbonyl (C=O) groups is 1. The zero-order valence-electron chi connectivity index (χ0n) is 5.30. The summed E-state index contributed by atoms with van der Waals surface area (Å²) in [5.41, 5.74) is 0. The molecule has 3 heteroatoms. The molecule has 1 heterocycles. The van der Waals surface area contributed by atoms with E-state index in [2.05, 4.69) is 12.6 Å². The Hall–Kier alpha value is -0.310. The molecule has 2 nitrogen and oxygen atoms in total. The molecule has 9 heavy (non-hydrogen) atoms. The van der Waals surface area contributed by atoms with Crippen molar-refractivity contribution in [2.24, 2.45) is 0 Å². The van der Waals surface area contributed by atoms with Crippen LogP contribution in [0.2, 0.25) is 0 Å². The van der Waals surface area contributed by atoms with Gasteiger partial charge in [-0.1, -0.05) is 0 Å². The molecular weight excluding hydrogens is 134 g/mol. The summed E-state index contributed by atoms with van der Waals surface area (Å²) < 4.78 is 0. The molecule has 1 amide bonds. The zero-order chi connectivity index (χ0) is 6.69. The van der Waals surface area contributed by atoms with E-state index in [4.69, 9.17) is 0 Å². The number of hydrogen-bond acceptors (Lipinski definition) is 2. The second kappa shape index (κ2) is 3.01. The molecule has 0 aliphatic carbocycles. The molecule has 1 aliphatic rings. The minimum absolute atomic E-state index is 0.185. The van der Waals surface area contributed by atoms with E-state index in [1.165, 1.54) is 6.42 Å². The number of likely N-dealkylation sites (tertiary alicyclic amines) is 1. The first-order valence-electron chi connectivity index (χ1n) is 3.26. The molecule has 0 saturated carbocycles. The van der Waals surface area contributed by atoms with Crippen LogP contribution in [0.1, 0.15) is 19.3 Å².